The first-order valence-corrected chi connectivity index (χ1v) is 3.36. The molecule has 0 aliphatic carbocycles. The minimum Gasteiger partial charge on any atom is -0.480 e. The van der Waals surface area contributed by atoms with Gasteiger partial charge in [0, 0.05) is 7.05 Å². The van der Waals surface area contributed by atoms with Crippen molar-refractivity contribution in [1.82, 2.24) is 9.55 Å². The van der Waals surface area contributed by atoms with Crippen LogP contribution in [0.3, 0.4) is 0 Å². The van der Waals surface area contributed by atoms with E-state index >= 15 is 0 Å². The SMILES string of the molecule is Cn1cnc2oc(O)c(Cl)c21. The Balaban J connectivity index is 2.95. The van der Waals surface area contributed by atoms with E-state index in [1.165, 1.54) is 0 Å². The summed E-state index contributed by atoms with van der Waals surface area (Å²) < 4.78 is 6.49. The standard InChI is InChI=1S/C6H5ClN2O2/c1-9-2-8-5-4(9)3(7)6(10)11-5/h2,10H,1H3. The van der Waals surface area contributed by atoms with E-state index in [-0.39, 0.29) is 11.0 Å². The van der Waals surface area contributed by atoms with Gasteiger partial charge in [-0.25, -0.2) is 4.98 Å². The third-order valence-corrected chi connectivity index (χ3v) is 1.83. The van der Waals surface area contributed by atoms with Crippen molar-refractivity contribution in [2.24, 2.45) is 7.05 Å². The van der Waals surface area contributed by atoms with Gasteiger partial charge in [-0.05, 0) is 0 Å². The van der Waals surface area contributed by atoms with E-state index in [1.807, 2.05) is 0 Å². The van der Waals surface area contributed by atoms with Gasteiger partial charge < -0.3 is 14.1 Å². The smallest absolute Gasteiger partial charge is 0.305 e. The van der Waals surface area contributed by atoms with Gasteiger partial charge in [0.25, 0.3) is 0 Å². The molecule has 0 fully saturated rings. The summed E-state index contributed by atoms with van der Waals surface area (Å²) in [5.41, 5.74) is 0.971. The molecule has 2 aromatic rings. The molecule has 2 aromatic heterocycles. The molecule has 0 saturated heterocycles. The number of hydrogen-bond acceptors (Lipinski definition) is 3. The molecule has 0 unspecified atom stereocenters. The second-order valence-electron chi connectivity index (χ2n) is 2.23. The lowest BCUT2D eigenvalue weighted by Gasteiger charge is -1.87. The van der Waals surface area contributed by atoms with Crippen molar-refractivity contribution in [3.05, 3.63) is 11.3 Å². The molecule has 2 rings (SSSR count). The molecule has 58 valence electrons. The molecule has 0 aliphatic rings. The summed E-state index contributed by atoms with van der Waals surface area (Å²) >= 11 is 5.68. The van der Waals surface area contributed by atoms with Gasteiger partial charge in [-0.2, -0.15) is 0 Å². The fraction of sp³-hybridized carbons (Fsp3) is 0.167. The molecule has 2 heterocycles. The molecular weight excluding hydrogens is 168 g/mol. The van der Waals surface area contributed by atoms with Crippen LogP contribution in [0.5, 0.6) is 5.95 Å². The summed E-state index contributed by atoms with van der Waals surface area (Å²) in [6.07, 6.45) is 1.57. The molecule has 0 spiro atoms. The molecule has 0 amide bonds. The molecular formula is C6H5ClN2O2. The Morgan fingerprint density at radius 2 is 2.45 bits per heavy atom. The van der Waals surface area contributed by atoms with Gasteiger partial charge in [0.05, 0.1) is 6.33 Å². The summed E-state index contributed by atoms with van der Waals surface area (Å²) in [4.78, 5) is 3.85. The van der Waals surface area contributed by atoms with Crippen LogP contribution in [0.4, 0.5) is 0 Å². The zero-order valence-corrected chi connectivity index (χ0v) is 6.46. The Bertz CT molecular complexity index is 404. The number of fused-ring (bicyclic) bond motifs is 1. The van der Waals surface area contributed by atoms with E-state index < -0.39 is 0 Å². The predicted molar refractivity (Wildman–Crippen MR) is 39.7 cm³/mol. The quantitative estimate of drug-likeness (QED) is 0.656. The summed E-state index contributed by atoms with van der Waals surface area (Å²) in [5.74, 6) is -0.277. The Morgan fingerprint density at radius 1 is 1.73 bits per heavy atom. The number of aryl methyl sites for hydroxylation is 1. The largest absolute Gasteiger partial charge is 0.480 e. The van der Waals surface area contributed by atoms with Crippen LogP contribution in [0.2, 0.25) is 5.02 Å². The number of aromatic hydroxyl groups is 1. The molecule has 0 atom stereocenters. The van der Waals surface area contributed by atoms with Gasteiger partial charge in [-0.1, -0.05) is 11.6 Å². The summed E-state index contributed by atoms with van der Waals surface area (Å²) in [7, 11) is 1.77. The van der Waals surface area contributed by atoms with Crippen molar-refractivity contribution < 1.29 is 9.52 Å². The van der Waals surface area contributed by atoms with Crippen LogP contribution >= 0.6 is 11.6 Å². The molecule has 0 radical (unpaired) electrons. The van der Waals surface area contributed by atoms with Gasteiger partial charge >= 0.3 is 5.95 Å². The molecule has 4 nitrogen and oxygen atoms in total. The Kier molecular flexibility index (Phi) is 1.14. The molecule has 0 aliphatic heterocycles. The lowest BCUT2D eigenvalue weighted by Crippen LogP contribution is -1.81. The number of hydrogen-bond donors (Lipinski definition) is 1. The van der Waals surface area contributed by atoms with Crippen LogP contribution < -0.4 is 0 Å². The average Bonchev–Trinajstić information content (AvgIpc) is 2.41. The van der Waals surface area contributed by atoms with E-state index in [1.54, 1.807) is 17.9 Å². The maximum atomic E-state index is 9.00. The lowest BCUT2D eigenvalue weighted by atomic mass is 10.5. The maximum absolute atomic E-state index is 9.00. The second-order valence-corrected chi connectivity index (χ2v) is 2.61. The minimum absolute atomic E-state index is 0.208. The number of imidazole rings is 1. The van der Waals surface area contributed by atoms with Crippen molar-refractivity contribution in [3.63, 3.8) is 0 Å². The van der Waals surface area contributed by atoms with Crippen molar-refractivity contribution in [2.75, 3.05) is 0 Å². The minimum atomic E-state index is -0.277. The maximum Gasteiger partial charge on any atom is 0.305 e. The van der Waals surface area contributed by atoms with Gasteiger partial charge in [0.1, 0.15) is 5.52 Å². The first-order valence-electron chi connectivity index (χ1n) is 2.98. The van der Waals surface area contributed by atoms with Gasteiger partial charge in [0.15, 0.2) is 5.02 Å². The topological polar surface area (TPSA) is 51.2 Å². The Labute approximate surface area is 67.0 Å². The number of nitrogens with zero attached hydrogens (tertiary/aromatic N) is 2. The van der Waals surface area contributed by atoms with Crippen LogP contribution in [-0.2, 0) is 7.05 Å². The molecule has 1 N–H and O–H groups in total. The van der Waals surface area contributed by atoms with Crippen LogP contribution in [0.15, 0.2) is 10.7 Å². The normalized spacial score (nSPS) is 11.1. The van der Waals surface area contributed by atoms with Crippen LogP contribution in [-0.4, -0.2) is 14.7 Å². The number of furan rings is 1. The van der Waals surface area contributed by atoms with E-state index in [0.29, 0.717) is 11.2 Å². The predicted octanol–water partition coefficient (Wildman–Crippen LogP) is 1.53. The average molecular weight is 173 g/mol. The number of halogens is 1. The van der Waals surface area contributed by atoms with Gasteiger partial charge in [0.2, 0.25) is 5.71 Å². The van der Waals surface area contributed by atoms with E-state index in [9.17, 15) is 0 Å². The Hall–Kier alpha value is -1.16. The monoisotopic (exact) mass is 172 g/mol. The van der Waals surface area contributed by atoms with Crippen LogP contribution in [0.1, 0.15) is 0 Å². The molecule has 0 saturated carbocycles. The first kappa shape index (κ1) is 6.54. The molecule has 0 aromatic carbocycles. The van der Waals surface area contributed by atoms with Crippen molar-refractivity contribution in [3.8, 4) is 5.95 Å². The highest BCUT2D eigenvalue weighted by Gasteiger charge is 2.14. The van der Waals surface area contributed by atoms with E-state index in [2.05, 4.69) is 4.98 Å². The van der Waals surface area contributed by atoms with Gasteiger partial charge in [-0.15, -0.1) is 0 Å². The zero-order valence-electron chi connectivity index (χ0n) is 5.71. The van der Waals surface area contributed by atoms with E-state index in [0.717, 1.165) is 0 Å². The zero-order chi connectivity index (χ0) is 8.01. The van der Waals surface area contributed by atoms with Crippen LogP contribution in [0.25, 0.3) is 11.2 Å². The van der Waals surface area contributed by atoms with Gasteiger partial charge in [-0.3, -0.25) is 0 Å². The van der Waals surface area contributed by atoms with Crippen molar-refractivity contribution in [2.45, 2.75) is 0 Å². The molecule has 0 bridgehead atoms. The third kappa shape index (κ3) is 0.728. The third-order valence-electron chi connectivity index (χ3n) is 1.49. The fourth-order valence-corrected chi connectivity index (χ4v) is 1.22. The van der Waals surface area contributed by atoms with Crippen molar-refractivity contribution in [1.29, 1.82) is 0 Å². The first-order chi connectivity index (χ1) is 5.20. The number of rotatable bonds is 0. The summed E-state index contributed by atoms with van der Waals surface area (Å²) in [6.45, 7) is 0. The Morgan fingerprint density at radius 3 is 3.09 bits per heavy atom. The van der Waals surface area contributed by atoms with E-state index in [4.69, 9.17) is 21.1 Å². The number of aromatic nitrogens is 2. The summed E-state index contributed by atoms with van der Waals surface area (Å²) in [6, 6.07) is 0. The second kappa shape index (κ2) is 1.92. The highest BCUT2D eigenvalue weighted by Crippen LogP contribution is 2.33. The molecule has 11 heavy (non-hydrogen) atoms. The highest BCUT2D eigenvalue weighted by atomic mass is 35.5. The van der Waals surface area contributed by atoms with Crippen LogP contribution in [0, 0.1) is 0 Å². The van der Waals surface area contributed by atoms with Crippen molar-refractivity contribution >= 4 is 22.8 Å². The lowest BCUT2D eigenvalue weighted by molar-refractivity contribution is 0.344. The fourth-order valence-electron chi connectivity index (χ4n) is 0.970. The highest BCUT2D eigenvalue weighted by molar-refractivity contribution is 6.36. The summed E-state index contributed by atoms with van der Waals surface area (Å²) in [5, 5.41) is 9.21. The molecule has 5 heteroatoms.